The number of para-hydroxylation sites is 1. The minimum Gasteiger partial charge on any atom is -0.380 e. The van der Waals surface area contributed by atoms with E-state index in [1.807, 2.05) is 66.7 Å². The van der Waals surface area contributed by atoms with Gasteiger partial charge in [0.15, 0.2) is 0 Å². The Hall–Kier alpha value is -3.77. The van der Waals surface area contributed by atoms with Crippen molar-refractivity contribution in [3.05, 3.63) is 102 Å². The predicted molar refractivity (Wildman–Crippen MR) is 115 cm³/mol. The maximum Gasteiger partial charge on any atom is 0.255 e. The van der Waals surface area contributed by atoms with Crippen molar-refractivity contribution in [2.75, 3.05) is 7.11 Å². The molecule has 6 nitrogen and oxygen atoms in total. The molecule has 0 radical (unpaired) electrons. The number of aromatic nitrogens is 3. The van der Waals surface area contributed by atoms with Crippen molar-refractivity contribution in [2.24, 2.45) is 0 Å². The van der Waals surface area contributed by atoms with Crippen LogP contribution in [0.3, 0.4) is 0 Å². The normalized spacial score (nSPS) is 10.7. The molecule has 4 aromatic rings. The lowest BCUT2D eigenvalue weighted by Crippen LogP contribution is -2.23. The predicted octanol–water partition coefficient (Wildman–Crippen LogP) is 4.01. The number of nitrogens with one attached hydrogen (secondary N) is 1. The third-order valence-corrected chi connectivity index (χ3v) is 4.70. The van der Waals surface area contributed by atoms with E-state index in [4.69, 9.17) is 4.74 Å². The van der Waals surface area contributed by atoms with E-state index in [0.29, 0.717) is 24.4 Å². The Morgan fingerprint density at radius 1 is 1.00 bits per heavy atom. The molecule has 0 aliphatic heterocycles. The monoisotopic (exact) mass is 398 g/mol. The van der Waals surface area contributed by atoms with Gasteiger partial charge in [0.25, 0.3) is 5.91 Å². The first-order chi connectivity index (χ1) is 14.7. The molecule has 0 atom stereocenters. The Labute approximate surface area is 175 Å². The number of ether oxygens (including phenoxy) is 1. The molecule has 0 aliphatic carbocycles. The maximum absolute atomic E-state index is 13.0. The molecule has 0 saturated heterocycles. The van der Waals surface area contributed by atoms with Crippen LogP contribution in [0.1, 0.15) is 21.5 Å². The molecule has 30 heavy (non-hydrogen) atoms. The van der Waals surface area contributed by atoms with Crippen molar-refractivity contribution >= 4 is 5.91 Å². The fourth-order valence-electron chi connectivity index (χ4n) is 3.17. The van der Waals surface area contributed by atoms with E-state index in [1.165, 1.54) is 0 Å². The van der Waals surface area contributed by atoms with Gasteiger partial charge in [0, 0.05) is 37.8 Å². The van der Waals surface area contributed by atoms with E-state index >= 15 is 0 Å². The summed E-state index contributed by atoms with van der Waals surface area (Å²) in [5.41, 5.74) is 4.89. The van der Waals surface area contributed by atoms with Gasteiger partial charge in [0.1, 0.15) is 5.69 Å². The van der Waals surface area contributed by atoms with E-state index in [1.54, 1.807) is 30.4 Å². The average molecular weight is 398 g/mol. The first kappa shape index (κ1) is 19.5. The zero-order chi connectivity index (χ0) is 20.8. The lowest BCUT2D eigenvalue weighted by atomic mass is 10.1. The van der Waals surface area contributed by atoms with Crippen molar-refractivity contribution in [1.82, 2.24) is 20.1 Å². The van der Waals surface area contributed by atoms with Crippen LogP contribution in [0.15, 0.2) is 85.3 Å². The lowest BCUT2D eigenvalue weighted by Gasteiger charge is -2.07. The number of nitrogens with zero attached hydrogens (tertiary/aromatic N) is 3. The molecule has 1 amide bonds. The highest BCUT2D eigenvalue weighted by Crippen LogP contribution is 2.23. The molecular weight excluding hydrogens is 376 g/mol. The number of hydrogen-bond donors (Lipinski definition) is 1. The summed E-state index contributed by atoms with van der Waals surface area (Å²) in [6, 6.07) is 21.4. The summed E-state index contributed by atoms with van der Waals surface area (Å²) in [6.07, 6.45) is 5.17. The van der Waals surface area contributed by atoms with Gasteiger partial charge < -0.3 is 10.1 Å². The van der Waals surface area contributed by atoms with E-state index in [0.717, 1.165) is 22.4 Å². The van der Waals surface area contributed by atoms with Crippen LogP contribution in [0.2, 0.25) is 0 Å². The molecule has 6 heteroatoms. The largest absolute Gasteiger partial charge is 0.380 e. The van der Waals surface area contributed by atoms with Crippen LogP contribution in [0, 0.1) is 0 Å². The molecule has 1 N–H and O–H groups in total. The number of pyridine rings is 1. The summed E-state index contributed by atoms with van der Waals surface area (Å²) in [5.74, 6) is -0.183. The zero-order valence-electron chi connectivity index (χ0n) is 16.7. The Morgan fingerprint density at radius 3 is 2.47 bits per heavy atom. The van der Waals surface area contributed by atoms with E-state index in [9.17, 15) is 4.79 Å². The molecule has 2 aromatic heterocycles. The maximum atomic E-state index is 13.0. The Balaban J connectivity index is 1.58. The fourth-order valence-corrected chi connectivity index (χ4v) is 3.17. The first-order valence-electron chi connectivity index (χ1n) is 9.65. The van der Waals surface area contributed by atoms with Gasteiger partial charge in [0.2, 0.25) is 0 Å². The quantitative estimate of drug-likeness (QED) is 0.511. The summed E-state index contributed by atoms with van der Waals surface area (Å²) in [5, 5.41) is 7.66. The molecule has 0 spiro atoms. The third-order valence-electron chi connectivity index (χ3n) is 4.70. The smallest absolute Gasteiger partial charge is 0.255 e. The molecule has 4 rings (SSSR count). The van der Waals surface area contributed by atoms with E-state index in [-0.39, 0.29) is 5.91 Å². The second kappa shape index (κ2) is 9.15. The van der Waals surface area contributed by atoms with Crippen molar-refractivity contribution in [3.8, 4) is 16.9 Å². The van der Waals surface area contributed by atoms with Gasteiger partial charge in [-0.3, -0.25) is 9.78 Å². The Bertz CT molecular complexity index is 1110. The number of carbonyl (C=O) groups excluding carboxylic acids is 1. The number of hydrogen-bond acceptors (Lipinski definition) is 4. The third kappa shape index (κ3) is 4.45. The van der Waals surface area contributed by atoms with Crippen LogP contribution in [0.25, 0.3) is 16.9 Å². The number of rotatable bonds is 7. The molecule has 2 heterocycles. The zero-order valence-corrected chi connectivity index (χ0v) is 16.7. The molecule has 150 valence electrons. The molecule has 0 fully saturated rings. The minimum absolute atomic E-state index is 0.183. The summed E-state index contributed by atoms with van der Waals surface area (Å²) < 4.78 is 6.85. The number of methoxy groups -OCH3 is 1. The van der Waals surface area contributed by atoms with Crippen LogP contribution in [0.5, 0.6) is 0 Å². The molecule has 0 bridgehead atoms. The van der Waals surface area contributed by atoms with Crippen molar-refractivity contribution in [3.63, 3.8) is 0 Å². The van der Waals surface area contributed by atoms with Crippen LogP contribution >= 0.6 is 0 Å². The second-order valence-corrected chi connectivity index (χ2v) is 6.85. The van der Waals surface area contributed by atoms with Gasteiger partial charge in [-0.1, -0.05) is 42.5 Å². The average Bonchev–Trinajstić information content (AvgIpc) is 3.26. The molecule has 0 aliphatic rings. The second-order valence-electron chi connectivity index (χ2n) is 6.85. The fraction of sp³-hybridized carbons (Fsp3) is 0.125. The van der Waals surface area contributed by atoms with Gasteiger partial charge >= 0.3 is 0 Å². The SMILES string of the molecule is COCc1ccc(CNC(=O)c2cn(-c3ccccc3)nc2-c2cccnc2)cc1. The van der Waals surface area contributed by atoms with Gasteiger partial charge in [-0.05, 0) is 35.4 Å². The first-order valence-corrected chi connectivity index (χ1v) is 9.65. The minimum atomic E-state index is -0.183. The standard InChI is InChI=1S/C24H22N4O2/c1-30-17-19-11-9-18(10-12-19)14-26-24(29)22-16-28(21-7-3-2-4-8-21)27-23(22)20-6-5-13-25-15-20/h2-13,15-16H,14,17H2,1H3,(H,26,29). The van der Waals surface area contributed by atoms with Gasteiger partial charge in [0.05, 0.1) is 17.9 Å². The summed E-state index contributed by atoms with van der Waals surface area (Å²) in [7, 11) is 1.67. The van der Waals surface area contributed by atoms with Crippen molar-refractivity contribution < 1.29 is 9.53 Å². The number of benzene rings is 2. The summed E-state index contributed by atoms with van der Waals surface area (Å²) in [6.45, 7) is 0.995. The van der Waals surface area contributed by atoms with Gasteiger partial charge in [-0.25, -0.2) is 4.68 Å². The molecule has 0 saturated carbocycles. The van der Waals surface area contributed by atoms with E-state index < -0.39 is 0 Å². The highest BCUT2D eigenvalue weighted by Gasteiger charge is 2.18. The number of amides is 1. The van der Waals surface area contributed by atoms with E-state index in [2.05, 4.69) is 15.4 Å². The van der Waals surface area contributed by atoms with Crippen molar-refractivity contribution in [2.45, 2.75) is 13.2 Å². The summed E-state index contributed by atoms with van der Waals surface area (Å²) >= 11 is 0. The highest BCUT2D eigenvalue weighted by molar-refractivity contribution is 5.99. The molecule has 2 aromatic carbocycles. The van der Waals surface area contributed by atoms with Crippen LogP contribution in [0.4, 0.5) is 0 Å². The lowest BCUT2D eigenvalue weighted by molar-refractivity contribution is 0.0951. The topological polar surface area (TPSA) is 69.0 Å². The van der Waals surface area contributed by atoms with Crippen LogP contribution < -0.4 is 5.32 Å². The van der Waals surface area contributed by atoms with Crippen LogP contribution in [-0.4, -0.2) is 27.8 Å². The Kier molecular flexibility index (Phi) is 5.96. The Morgan fingerprint density at radius 2 is 1.77 bits per heavy atom. The number of carbonyl (C=O) groups is 1. The van der Waals surface area contributed by atoms with Gasteiger partial charge in [-0.2, -0.15) is 5.10 Å². The summed E-state index contributed by atoms with van der Waals surface area (Å²) in [4.78, 5) is 17.2. The van der Waals surface area contributed by atoms with Crippen LogP contribution in [-0.2, 0) is 17.9 Å². The molecular formula is C24H22N4O2. The molecule has 0 unspecified atom stereocenters. The highest BCUT2D eigenvalue weighted by atomic mass is 16.5. The van der Waals surface area contributed by atoms with Gasteiger partial charge in [-0.15, -0.1) is 0 Å². The van der Waals surface area contributed by atoms with Crippen molar-refractivity contribution in [1.29, 1.82) is 0 Å².